The van der Waals surface area contributed by atoms with Gasteiger partial charge in [-0.3, -0.25) is 4.72 Å². The lowest BCUT2D eigenvalue weighted by atomic mass is 10.4. The van der Waals surface area contributed by atoms with E-state index >= 15 is 0 Å². The maximum absolute atomic E-state index is 12.2. The number of nitrogens with one attached hydrogen (secondary N) is 1. The minimum atomic E-state index is -3.63. The minimum Gasteiger partial charge on any atom is -0.363 e. The lowest BCUT2D eigenvalue weighted by molar-refractivity contribution is 0.601. The summed E-state index contributed by atoms with van der Waals surface area (Å²) in [6, 6.07) is 9.24. The van der Waals surface area contributed by atoms with E-state index in [0.717, 1.165) is 0 Å². The Hall–Kier alpha value is -1.21. The van der Waals surface area contributed by atoms with Gasteiger partial charge in [0, 0.05) is 31.4 Å². The van der Waals surface area contributed by atoms with Crippen LogP contribution in [0.4, 0.5) is 11.5 Å². The number of sulfonamides is 1. The highest BCUT2D eigenvalue weighted by Gasteiger charge is 2.14. The number of aromatic nitrogens is 1. The number of pyridine rings is 1. The second-order valence-corrected chi connectivity index (χ2v) is 6.48. The molecule has 0 amide bonds. The van der Waals surface area contributed by atoms with Crippen LogP contribution in [-0.2, 0) is 10.0 Å². The molecule has 9 heteroatoms. The zero-order valence-corrected chi connectivity index (χ0v) is 15.1. The molecule has 0 radical (unpaired) electrons. The predicted octanol–water partition coefficient (Wildman–Crippen LogP) is 3.45. The van der Waals surface area contributed by atoms with E-state index in [9.17, 15) is 8.42 Å². The van der Waals surface area contributed by atoms with Crippen molar-refractivity contribution >= 4 is 57.9 Å². The largest absolute Gasteiger partial charge is 0.363 e. The monoisotopic (exact) mass is 383 g/mol. The molecule has 1 N–H and O–H groups in total. The SMILES string of the molecule is CN(C)c1cc(NS(=O)(=O)c2ccc(Cl)cc2)ccn1.Cl.Cl. The minimum absolute atomic E-state index is 0. The molecular formula is C13H16Cl3N3O2S. The van der Waals surface area contributed by atoms with E-state index in [-0.39, 0.29) is 29.7 Å². The van der Waals surface area contributed by atoms with E-state index in [1.165, 1.54) is 24.3 Å². The lowest BCUT2D eigenvalue weighted by Gasteiger charge is -2.13. The smallest absolute Gasteiger partial charge is 0.261 e. The number of rotatable bonds is 4. The van der Waals surface area contributed by atoms with Crippen molar-refractivity contribution in [1.82, 2.24) is 4.98 Å². The second-order valence-electron chi connectivity index (χ2n) is 4.36. The second kappa shape index (κ2) is 8.43. The van der Waals surface area contributed by atoms with Crippen molar-refractivity contribution in [2.75, 3.05) is 23.7 Å². The molecule has 22 heavy (non-hydrogen) atoms. The number of hydrogen-bond donors (Lipinski definition) is 1. The fourth-order valence-electron chi connectivity index (χ4n) is 1.55. The number of benzene rings is 1. The first kappa shape index (κ1) is 20.8. The zero-order chi connectivity index (χ0) is 14.8. The van der Waals surface area contributed by atoms with Gasteiger partial charge in [-0.2, -0.15) is 0 Å². The molecule has 2 aromatic rings. The van der Waals surface area contributed by atoms with Gasteiger partial charge in [-0.15, -0.1) is 24.8 Å². The van der Waals surface area contributed by atoms with E-state index in [2.05, 4.69) is 9.71 Å². The average molecular weight is 385 g/mol. The summed E-state index contributed by atoms with van der Waals surface area (Å²) in [6.45, 7) is 0. The normalized spacial score (nSPS) is 10.1. The van der Waals surface area contributed by atoms with E-state index in [4.69, 9.17) is 11.6 Å². The molecule has 0 unspecified atom stereocenters. The highest BCUT2D eigenvalue weighted by Crippen LogP contribution is 2.20. The molecule has 1 aromatic carbocycles. The first-order chi connectivity index (χ1) is 9.38. The Bertz CT molecular complexity index is 707. The first-order valence-electron chi connectivity index (χ1n) is 5.80. The molecule has 5 nitrogen and oxygen atoms in total. The highest BCUT2D eigenvalue weighted by molar-refractivity contribution is 7.92. The summed E-state index contributed by atoms with van der Waals surface area (Å²) in [5.74, 6) is 0.668. The number of nitrogens with zero attached hydrogens (tertiary/aromatic N) is 2. The van der Waals surface area contributed by atoms with Crippen LogP contribution in [0.1, 0.15) is 0 Å². The lowest BCUT2D eigenvalue weighted by Crippen LogP contribution is -2.14. The molecule has 0 aliphatic rings. The van der Waals surface area contributed by atoms with E-state index in [1.807, 2.05) is 14.1 Å². The van der Waals surface area contributed by atoms with Crippen LogP contribution in [0, 0.1) is 0 Å². The molecule has 0 aliphatic heterocycles. The van der Waals surface area contributed by atoms with Gasteiger partial charge in [0.15, 0.2) is 0 Å². The van der Waals surface area contributed by atoms with Gasteiger partial charge in [-0.25, -0.2) is 13.4 Å². The van der Waals surface area contributed by atoms with Crippen molar-refractivity contribution in [1.29, 1.82) is 0 Å². The van der Waals surface area contributed by atoms with Crippen LogP contribution in [0.2, 0.25) is 5.02 Å². The summed E-state index contributed by atoms with van der Waals surface area (Å²) >= 11 is 5.75. The van der Waals surface area contributed by atoms with Crippen LogP contribution in [0.3, 0.4) is 0 Å². The third kappa shape index (κ3) is 5.21. The molecule has 0 atom stereocenters. The fraction of sp³-hybridized carbons (Fsp3) is 0.154. The van der Waals surface area contributed by atoms with Crippen molar-refractivity contribution in [3.63, 3.8) is 0 Å². The molecule has 0 fully saturated rings. The summed E-state index contributed by atoms with van der Waals surface area (Å²) in [6.07, 6.45) is 1.55. The van der Waals surface area contributed by atoms with Crippen molar-refractivity contribution in [2.24, 2.45) is 0 Å². The molecule has 0 saturated heterocycles. The quantitative estimate of drug-likeness (QED) is 0.877. The molecule has 1 aromatic heterocycles. The van der Waals surface area contributed by atoms with Crippen molar-refractivity contribution in [3.8, 4) is 0 Å². The van der Waals surface area contributed by atoms with Gasteiger partial charge < -0.3 is 4.90 Å². The van der Waals surface area contributed by atoms with Gasteiger partial charge >= 0.3 is 0 Å². The average Bonchev–Trinajstić information content (AvgIpc) is 2.39. The van der Waals surface area contributed by atoms with Gasteiger partial charge in [0.2, 0.25) is 0 Å². The van der Waals surface area contributed by atoms with Crippen molar-refractivity contribution < 1.29 is 8.42 Å². The standard InChI is InChI=1S/C13H14ClN3O2S.2ClH/c1-17(2)13-9-11(7-8-15-13)16-20(18,19)12-5-3-10(14)4-6-12;;/h3-9H,1-2H3,(H,15,16);2*1H. The fourth-order valence-corrected chi connectivity index (χ4v) is 2.73. The Morgan fingerprint density at radius 2 is 1.68 bits per heavy atom. The van der Waals surface area contributed by atoms with Crippen molar-refractivity contribution in [3.05, 3.63) is 47.6 Å². The molecule has 1 heterocycles. The molecule has 122 valence electrons. The van der Waals surface area contributed by atoms with E-state index in [1.54, 1.807) is 23.2 Å². The summed E-state index contributed by atoms with van der Waals surface area (Å²) in [7, 11) is 0.0388. The topological polar surface area (TPSA) is 62.3 Å². The molecule has 2 rings (SSSR count). The molecular weight excluding hydrogens is 369 g/mol. The zero-order valence-electron chi connectivity index (χ0n) is 11.9. The molecule has 0 bridgehead atoms. The molecule has 0 saturated carbocycles. The summed E-state index contributed by atoms with van der Waals surface area (Å²) in [4.78, 5) is 6.08. The van der Waals surface area contributed by atoms with Crippen LogP contribution in [0.15, 0.2) is 47.5 Å². The van der Waals surface area contributed by atoms with Gasteiger partial charge in [0.1, 0.15) is 5.82 Å². The van der Waals surface area contributed by atoms with Gasteiger partial charge in [0.25, 0.3) is 10.0 Å². The Morgan fingerprint density at radius 3 is 2.23 bits per heavy atom. The van der Waals surface area contributed by atoms with E-state index < -0.39 is 10.0 Å². The van der Waals surface area contributed by atoms with Crippen LogP contribution in [0.5, 0.6) is 0 Å². The Labute approximate surface area is 147 Å². The predicted molar refractivity (Wildman–Crippen MR) is 95.3 cm³/mol. The summed E-state index contributed by atoms with van der Waals surface area (Å²) in [5.41, 5.74) is 0.457. The molecule has 0 aliphatic carbocycles. The highest BCUT2D eigenvalue weighted by atomic mass is 35.5. The van der Waals surface area contributed by atoms with Gasteiger partial charge in [-0.05, 0) is 30.3 Å². The number of halogens is 3. The Balaban J connectivity index is 0.00000220. The first-order valence-corrected chi connectivity index (χ1v) is 7.66. The van der Waals surface area contributed by atoms with Crippen LogP contribution in [0.25, 0.3) is 0 Å². The third-order valence-corrected chi connectivity index (χ3v) is 4.23. The third-order valence-electron chi connectivity index (χ3n) is 2.58. The number of hydrogen-bond acceptors (Lipinski definition) is 4. The van der Waals surface area contributed by atoms with Crippen LogP contribution in [-0.4, -0.2) is 27.5 Å². The number of anilines is 2. The maximum atomic E-state index is 12.2. The van der Waals surface area contributed by atoms with Crippen LogP contribution < -0.4 is 9.62 Å². The maximum Gasteiger partial charge on any atom is 0.261 e. The van der Waals surface area contributed by atoms with Crippen molar-refractivity contribution in [2.45, 2.75) is 4.90 Å². The Kier molecular flexibility index (Phi) is 7.97. The van der Waals surface area contributed by atoms with Crippen LogP contribution >= 0.6 is 36.4 Å². The summed E-state index contributed by atoms with van der Waals surface area (Å²) < 4.78 is 26.9. The van der Waals surface area contributed by atoms with Gasteiger partial charge in [0.05, 0.1) is 10.6 Å². The molecule has 0 spiro atoms. The Morgan fingerprint density at radius 1 is 1.09 bits per heavy atom. The summed E-state index contributed by atoms with van der Waals surface area (Å²) in [5, 5.41) is 0.489. The van der Waals surface area contributed by atoms with E-state index in [0.29, 0.717) is 16.5 Å². The van der Waals surface area contributed by atoms with Gasteiger partial charge in [-0.1, -0.05) is 11.6 Å².